The van der Waals surface area contributed by atoms with E-state index in [1.807, 2.05) is 33.2 Å². The van der Waals surface area contributed by atoms with Crippen molar-refractivity contribution in [3.05, 3.63) is 47.1 Å². The van der Waals surface area contributed by atoms with Crippen LogP contribution in [0.2, 0.25) is 0 Å². The Balaban J connectivity index is 0.000000685. The number of nitrogens with two attached hydrogens (primary N) is 1. The fraction of sp³-hybridized carbons (Fsp3) is 0.676. The molecular formula is C37H64FN7O5. The molecule has 0 aromatic heterocycles. The molecule has 13 heteroatoms. The molecule has 3 atom stereocenters. The molecule has 284 valence electrons. The topological polar surface area (TPSA) is 168 Å². The van der Waals surface area contributed by atoms with Gasteiger partial charge in [0.1, 0.15) is 24.5 Å². The predicted molar refractivity (Wildman–Crippen MR) is 198 cm³/mol. The van der Waals surface area contributed by atoms with E-state index < -0.39 is 24.8 Å². The maximum Gasteiger partial charge on any atom is 0.248 e. The van der Waals surface area contributed by atoms with E-state index in [1.54, 1.807) is 12.1 Å². The summed E-state index contributed by atoms with van der Waals surface area (Å²) in [6, 6.07) is 8.15. The van der Waals surface area contributed by atoms with Gasteiger partial charge in [0.2, 0.25) is 5.91 Å². The number of ether oxygens (including phenoxy) is 2. The standard InChI is InChI=1S/C27H39FN4O3.C7H14N2O.C2H7N.CH4O/c1-4-6-7-8-9-22(19(3)31-13-5-2)27(30)20-10-11-24(21(15-20)16-29)35-25-12-14-32(17-23(25)28)26(34)18-33;1-3-9(4-2-8-1)7-5-10-6-7;1-3-2;1-2/h4,6,10-11,15,19,23,25,31,33H,5,7-9,12-14,17-18,30H2,1-3H3;7-8H,1-6H2;3H,1-2H3;2H,1H3/b6-4-,27-22-;;;/t19?,23?,25-;;;/m0.../s1. The third kappa shape index (κ3) is 15.4. The normalized spacial score (nSPS) is 20.4. The molecular weight excluding hydrogens is 641 g/mol. The Morgan fingerprint density at radius 2 is 1.94 bits per heavy atom. The van der Waals surface area contributed by atoms with Gasteiger partial charge in [0, 0.05) is 58.0 Å². The zero-order valence-corrected chi connectivity index (χ0v) is 31.2. The van der Waals surface area contributed by atoms with E-state index in [2.05, 4.69) is 46.8 Å². The van der Waals surface area contributed by atoms with Crippen LogP contribution in [0.4, 0.5) is 4.39 Å². The second-order valence-electron chi connectivity index (χ2n) is 12.3. The number of hydrogen-bond donors (Lipinski definition) is 6. The summed E-state index contributed by atoms with van der Waals surface area (Å²) in [5, 5.41) is 35.3. The summed E-state index contributed by atoms with van der Waals surface area (Å²) in [4.78, 5) is 15.4. The van der Waals surface area contributed by atoms with Gasteiger partial charge in [-0.15, -0.1) is 0 Å². The molecule has 0 aliphatic carbocycles. The molecule has 4 rings (SSSR count). The summed E-state index contributed by atoms with van der Waals surface area (Å²) in [6.07, 6.45) is 6.07. The van der Waals surface area contributed by atoms with Crippen LogP contribution in [0.5, 0.6) is 5.75 Å². The van der Waals surface area contributed by atoms with Crippen LogP contribution in [0.15, 0.2) is 35.9 Å². The first-order valence-corrected chi connectivity index (χ1v) is 17.9. The molecule has 0 radical (unpaired) electrons. The van der Waals surface area contributed by atoms with Crippen molar-refractivity contribution in [1.29, 1.82) is 5.26 Å². The van der Waals surface area contributed by atoms with Crippen molar-refractivity contribution in [1.82, 2.24) is 25.8 Å². The Morgan fingerprint density at radius 1 is 1.26 bits per heavy atom. The summed E-state index contributed by atoms with van der Waals surface area (Å²) in [5.74, 6) is -0.204. The van der Waals surface area contributed by atoms with E-state index in [-0.39, 0.29) is 24.6 Å². The lowest BCUT2D eigenvalue weighted by molar-refractivity contribution is -0.138. The van der Waals surface area contributed by atoms with Crippen molar-refractivity contribution in [3.8, 4) is 11.8 Å². The Kier molecular flexibility index (Phi) is 24.0. The van der Waals surface area contributed by atoms with Crippen molar-refractivity contribution >= 4 is 11.6 Å². The Labute approximate surface area is 299 Å². The maximum atomic E-state index is 14.7. The number of carbonyl (C=O) groups is 1. The molecule has 3 aliphatic rings. The smallest absolute Gasteiger partial charge is 0.248 e. The lowest BCUT2D eigenvalue weighted by Gasteiger charge is -2.39. The van der Waals surface area contributed by atoms with E-state index in [4.69, 9.17) is 25.4 Å². The summed E-state index contributed by atoms with van der Waals surface area (Å²) in [5.41, 5.74) is 9.38. The fourth-order valence-electron chi connectivity index (χ4n) is 5.71. The van der Waals surface area contributed by atoms with Crippen LogP contribution in [0.3, 0.4) is 0 Å². The predicted octanol–water partition coefficient (Wildman–Crippen LogP) is 2.41. The van der Waals surface area contributed by atoms with Crippen LogP contribution >= 0.6 is 0 Å². The summed E-state index contributed by atoms with van der Waals surface area (Å²) in [7, 11) is 4.75. The monoisotopic (exact) mass is 705 g/mol. The Hall–Kier alpha value is -3.09. The molecule has 0 bridgehead atoms. The molecule has 3 fully saturated rings. The van der Waals surface area contributed by atoms with E-state index in [0.717, 1.165) is 82.8 Å². The lowest BCUT2D eigenvalue weighted by atomic mass is 9.95. The van der Waals surface area contributed by atoms with Crippen LogP contribution in [0, 0.1) is 11.3 Å². The van der Waals surface area contributed by atoms with Crippen LogP contribution in [-0.2, 0) is 9.53 Å². The number of nitrogens with one attached hydrogen (secondary N) is 3. The van der Waals surface area contributed by atoms with Gasteiger partial charge < -0.3 is 46.3 Å². The van der Waals surface area contributed by atoms with Gasteiger partial charge in [-0.25, -0.2) is 4.39 Å². The number of nitriles is 1. The van der Waals surface area contributed by atoms with Crippen LogP contribution in [0.25, 0.3) is 5.70 Å². The molecule has 50 heavy (non-hydrogen) atoms. The minimum atomic E-state index is -1.41. The van der Waals surface area contributed by atoms with Gasteiger partial charge in [-0.3, -0.25) is 9.69 Å². The third-order valence-electron chi connectivity index (χ3n) is 8.57. The molecule has 2 unspecified atom stereocenters. The van der Waals surface area contributed by atoms with Crippen LogP contribution < -0.4 is 26.4 Å². The first-order valence-electron chi connectivity index (χ1n) is 17.9. The van der Waals surface area contributed by atoms with E-state index in [9.17, 15) is 14.4 Å². The van der Waals surface area contributed by atoms with Crippen molar-refractivity contribution < 1.29 is 28.9 Å². The highest BCUT2D eigenvalue weighted by molar-refractivity contribution is 5.77. The first-order chi connectivity index (χ1) is 24.2. The van der Waals surface area contributed by atoms with Crippen LogP contribution in [0.1, 0.15) is 64.0 Å². The largest absolute Gasteiger partial charge is 0.486 e. The quantitative estimate of drug-likeness (QED) is 0.132. The minimum Gasteiger partial charge on any atom is -0.486 e. The average molecular weight is 706 g/mol. The number of unbranched alkanes of at least 4 members (excludes halogenated alkanes) is 1. The molecule has 1 aromatic carbocycles. The summed E-state index contributed by atoms with van der Waals surface area (Å²) >= 11 is 0. The van der Waals surface area contributed by atoms with Crippen molar-refractivity contribution in [2.45, 2.75) is 77.2 Å². The van der Waals surface area contributed by atoms with E-state index >= 15 is 0 Å². The van der Waals surface area contributed by atoms with E-state index in [0.29, 0.717) is 18.0 Å². The summed E-state index contributed by atoms with van der Waals surface area (Å²) < 4.78 is 25.7. The minimum absolute atomic E-state index is 0.0983. The zero-order chi connectivity index (χ0) is 37.3. The highest BCUT2D eigenvalue weighted by Gasteiger charge is 2.33. The van der Waals surface area contributed by atoms with Gasteiger partial charge in [-0.2, -0.15) is 5.26 Å². The number of piperazine rings is 1. The van der Waals surface area contributed by atoms with Crippen molar-refractivity contribution in [2.75, 3.05) is 86.8 Å². The summed E-state index contributed by atoms with van der Waals surface area (Å²) in [6.45, 7) is 13.2. The first kappa shape index (κ1) is 44.9. The van der Waals surface area contributed by atoms with Gasteiger partial charge in [-0.05, 0) is 89.5 Å². The Bertz CT molecular complexity index is 1190. The SMILES string of the molecule is C/C=C\CCC/C(=C(/N)c1ccc(O[C@H]2CCN(C(=O)CO)CC2F)c(C#N)c1)C(C)NCCC.C1CN(C2COC2)CCN1.CNC.CO. The molecule has 1 aromatic rings. The number of carbonyl (C=O) groups excluding carboxylic acids is 1. The van der Waals surface area contributed by atoms with E-state index in [1.165, 1.54) is 18.0 Å². The van der Waals surface area contributed by atoms with Gasteiger partial charge >= 0.3 is 0 Å². The molecule has 3 saturated heterocycles. The number of amides is 1. The number of benzene rings is 1. The average Bonchev–Trinajstić information content (AvgIpc) is 3.12. The molecule has 0 saturated carbocycles. The number of aliphatic hydroxyl groups is 2. The molecule has 0 spiro atoms. The number of allylic oxidation sites excluding steroid dienone is 2. The number of nitrogens with zero attached hydrogens (tertiary/aromatic N) is 3. The van der Waals surface area contributed by atoms with Gasteiger partial charge in [0.05, 0.1) is 31.4 Å². The number of hydrogen-bond acceptors (Lipinski definition) is 11. The molecule has 3 heterocycles. The third-order valence-corrected chi connectivity index (χ3v) is 8.57. The number of likely N-dealkylation sites (tertiary alicyclic amines) is 1. The second kappa shape index (κ2) is 26.7. The van der Waals surface area contributed by atoms with Gasteiger partial charge in [0.25, 0.3) is 0 Å². The van der Waals surface area contributed by atoms with Gasteiger partial charge in [-0.1, -0.05) is 19.1 Å². The number of rotatable bonds is 13. The molecule has 1 amide bonds. The molecule has 7 N–H and O–H groups in total. The Morgan fingerprint density at radius 3 is 2.48 bits per heavy atom. The maximum absolute atomic E-state index is 14.7. The van der Waals surface area contributed by atoms with Gasteiger partial charge in [0.15, 0.2) is 6.17 Å². The number of alkyl halides is 1. The fourth-order valence-corrected chi connectivity index (χ4v) is 5.71. The molecule has 3 aliphatic heterocycles. The molecule has 12 nitrogen and oxygen atoms in total. The highest BCUT2D eigenvalue weighted by Crippen LogP contribution is 2.29. The number of halogens is 1. The second-order valence-corrected chi connectivity index (χ2v) is 12.3. The zero-order valence-electron chi connectivity index (χ0n) is 31.2. The lowest BCUT2D eigenvalue weighted by Crippen LogP contribution is -2.55. The number of aliphatic hydroxyl groups excluding tert-OH is 2. The number of piperidine rings is 1. The van der Waals surface area contributed by atoms with Crippen LogP contribution in [-0.4, -0.2) is 137 Å². The van der Waals surface area contributed by atoms with Crippen molar-refractivity contribution in [3.63, 3.8) is 0 Å². The highest BCUT2D eigenvalue weighted by atomic mass is 19.1. The van der Waals surface area contributed by atoms with Crippen molar-refractivity contribution in [2.24, 2.45) is 5.73 Å².